The first-order valence-electron chi connectivity index (χ1n) is 8.49. The maximum Gasteiger partial charge on any atom is 0.228 e. The predicted molar refractivity (Wildman–Crippen MR) is 105 cm³/mol. The van der Waals surface area contributed by atoms with E-state index in [1.807, 2.05) is 48.7 Å². The first-order valence-corrected chi connectivity index (χ1v) is 9.37. The third-order valence-corrected chi connectivity index (χ3v) is 4.73. The van der Waals surface area contributed by atoms with Crippen LogP contribution in [-0.4, -0.2) is 29.0 Å². The van der Waals surface area contributed by atoms with Crippen LogP contribution < -0.4 is 15.4 Å². The van der Waals surface area contributed by atoms with Crippen LogP contribution in [0.5, 0.6) is 11.6 Å². The zero-order chi connectivity index (χ0) is 17.8. The number of aliphatic imine (C=N–C) groups is 1. The van der Waals surface area contributed by atoms with E-state index in [4.69, 9.17) is 4.74 Å². The Morgan fingerprint density at radius 2 is 2.12 bits per heavy atom. The summed E-state index contributed by atoms with van der Waals surface area (Å²) in [5.41, 5.74) is 2.75. The number of guanidine groups is 1. The van der Waals surface area contributed by atoms with Gasteiger partial charge in [0.05, 0.1) is 11.3 Å². The highest BCUT2D eigenvalue weighted by molar-refractivity contribution is 7.14. The maximum atomic E-state index is 6.05. The summed E-state index contributed by atoms with van der Waals surface area (Å²) in [6.07, 6.45) is 2.78. The minimum absolute atomic E-state index is 0.548. The fraction of sp³-hybridized carbons (Fsp3) is 0.211. The summed E-state index contributed by atoms with van der Waals surface area (Å²) in [6, 6.07) is 11.8. The molecule has 0 amide bonds. The summed E-state index contributed by atoms with van der Waals surface area (Å²) in [5, 5.41) is 9.25. The Balaban J connectivity index is 1.58. The van der Waals surface area contributed by atoms with Crippen LogP contribution in [0.25, 0.3) is 11.3 Å². The second-order valence-corrected chi connectivity index (χ2v) is 6.76. The van der Waals surface area contributed by atoms with E-state index in [1.165, 1.54) is 11.3 Å². The fourth-order valence-corrected chi connectivity index (χ4v) is 3.32. The molecule has 7 heteroatoms. The van der Waals surface area contributed by atoms with Crippen LogP contribution in [0.2, 0.25) is 0 Å². The summed E-state index contributed by atoms with van der Waals surface area (Å²) < 4.78 is 6.05. The van der Waals surface area contributed by atoms with Gasteiger partial charge in [0.25, 0.3) is 0 Å². The molecule has 0 saturated heterocycles. The second-order valence-electron chi connectivity index (χ2n) is 5.90. The molecule has 0 atom stereocenters. The molecule has 1 aromatic carbocycles. The first-order chi connectivity index (χ1) is 12.8. The van der Waals surface area contributed by atoms with Crippen molar-refractivity contribution in [3.8, 4) is 22.9 Å². The third kappa shape index (κ3) is 3.67. The molecule has 0 saturated carbocycles. The number of hydrogen-bond acceptors (Lipinski definition) is 7. The van der Waals surface area contributed by atoms with E-state index in [9.17, 15) is 0 Å². The van der Waals surface area contributed by atoms with Crippen molar-refractivity contribution in [1.29, 1.82) is 0 Å². The van der Waals surface area contributed by atoms with Crippen molar-refractivity contribution in [2.45, 2.75) is 13.3 Å². The summed E-state index contributed by atoms with van der Waals surface area (Å²) >= 11 is 1.53. The Labute approximate surface area is 156 Å². The van der Waals surface area contributed by atoms with E-state index in [2.05, 4.69) is 25.6 Å². The molecular weight excluding hydrogens is 346 g/mol. The van der Waals surface area contributed by atoms with Crippen molar-refractivity contribution in [3.63, 3.8) is 0 Å². The molecule has 3 aromatic rings. The SMILES string of the molecule is Cc1ccccc1Oc1ncccc1-c1csc(NC2=NCCCN2)n1. The van der Waals surface area contributed by atoms with Gasteiger partial charge in [0.15, 0.2) is 11.1 Å². The van der Waals surface area contributed by atoms with Gasteiger partial charge in [0.1, 0.15) is 5.75 Å². The predicted octanol–water partition coefficient (Wildman–Crippen LogP) is 4.07. The lowest BCUT2D eigenvalue weighted by molar-refractivity contribution is 0.461. The summed E-state index contributed by atoms with van der Waals surface area (Å²) in [6.45, 7) is 3.78. The molecule has 1 aliphatic rings. The Hall–Kier alpha value is -2.93. The molecule has 0 aliphatic carbocycles. The molecule has 2 aromatic heterocycles. The Kier molecular flexibility index (Phi) is 4.79. The summed E-state index contributed by atoms with van der Waals surface area (Å²) in [5.74, 6) is 2.12. The number of rotatable bonds is 4. The number of para-hydroxylation sites is 1. The number of thiazole rings is 1. The molecule has 0 bridgehead atoms. The highest BCUT2D eigenvalue weighted by atomic mass is 32.1. The lowest BCUT2D eigenvalue weighted by Gasteiger charge is -2.14. The molecule has 4 rings (SSSR count). The molecule has 26 heavy (non-hydrogen) atoms. The van der Waals surface area contributed by atoms with Crippen molar-refractivity contribution >= 4 is 22.4 Å². The number of ether oxygens (including phenoxy) is 1. The summed E-state index contributed by atoms with van der Waals surface area (Å²) in [4.78, 5) is 13.5. The third-order valence-electron chi connectivity index (χ3n) is 3.97. The van der Waals surface area contributed by atoms with Crippen LogP contribution >= 0.6 is 11.3 Å². The monoisotopic (exact) mass is 365 g/mol. The second kappa shape index (κ2) is 7.53. The van der Waals surface area contributed by atoms with Gasteiger partial charge in [0, 0.05) is 24.7 Å². The summed E-state index contributed by atoms with van der Waals surface area (Å²) in [7, 11) is 0. The normalized spacial score (nSPS) is 13.7. The Morgan fingerprint density at radius 3 is 2.96 bits per heavy atom. The van der Waals surface area contributed by atoms with Crippen molar-refractivity contribution in [2.24, 2.45) is 4.99 Å². The molecule has 2 N–H and O–H groups in total. The average Bonchev–Trinajstić information content (AvgIpc) is 3.13. The van der Waals surface area contributed by atoms with Gasteiger partial charge in [-0.2, -0.15) is 0 Å². The van der Waals surface area contributed by atoms with Gasteiger partial charge < -0.3 is 15.4 Å². The van der Waals surface area contributed by atoms with E-state index in [-0.39, 0.29) is 0 Å². The van der Waals surface area contributed by atoms with Crippen molar-refractivity contribution < 1.29 is 4.74 Å². The fourth-order valence-electron chi connectivity index (χ4n) is 2.61. The molecule has 132 valence electrons. The molecule has 0 fully saturated rings. The van der Waals surface area contributed by atoms with E-state index in [0.717, 1.165) is 53.2 Å². The van der Waals surface area contributed by atoms with Gasteiger partial charge in [-0.15, -0.1) is 11.3 Å². The van der Waals surface area contributed by atoms with E-state index < -0.39 is 0 Å². The number of nitrogens with one attached hydrogen (secondary N) is 2. The van der Waals surface area contributed by atoms with Gasteiger partial charge in [-0.05, 0) is 37.1 Å². The van der Waals surface area contributed by atoms with Gasteiger partial charge >= 0.3 is 0 Å². The van der Waals surface area contributed by atoms with Crippen LogP contribution in [0.3, 0.4) is 0 Å². The van der Waals surface area contributed by atoms with Crippen molar-refractivity contribution in [2.75, 3.05) is 18.4 Å². The lowest BCUT2D eigenvalue weighted by Crippen LogP contribution is -2.35. The number of anilines is 1. The standard InChI is InChI=1S/C19H19N5OS/c1-13-6-2-3-8-16(13)25-17-14(7-4-9-20-17)15-12-26-19(23-15)24-18-21-10-5-11-22-18/h2-4,6-9,12H,5,10-11H2,1H3,(H2,21,22,23,24). The van der Waals surface area contributed by atoms with Crippen LogP contribution in [0.15, 0.2) is 53.0 Å². The Bertz CT molecular complexity index is 937. The maximum absolute atomic E-state index is 6.05. The smallest absolute Gasteiger partial charge is 0.228 e. The molecule has 3 heterocycles. The molecule has 0 spiro atoms. The van der Waals surface area contributed by atoms with E-state index >= 15 is 0 Å². The van der Waals surface area contributed by atoms with Crippen LogP contribution in [0, 0.1) is 6.92 Å². The van der Waals surface area contributed by atoms with Crippen molar-refractivity contribution in [1.82, 2.24) is 15.3 Å². The number of hydrogen-bond donors (Lipinski definition) is 2. The number of aromatic nitrogens is 2. The van der Waals surface area contributed by atoms with Crippen molar-refractivity contribution in [3.05, 3.63) is 53.5 Å². The van der Waals surface area contributed by atoms with E-state index in [1.54, 1.807) is 6.20 Å². The number of nitrogens with zero attached hydrogens (tertiary/aromatic N) is 3. The van der Waals surface area contributed by atoms with Gasteiger partial charge in [-0.25, -0.2) is 9.97 Å². The largest absolute Gasteiger partial charge is 0.438 e. The number of pyridine rings is 1. The van der Waals surface area contributed by atoms with Crippen LogP contribution in [-0.2, 0) is 0 Å². The molecule has 0 radical (unpaired) electrons. The first kappa shape index (κ1) is 16.5. The highest BCUT2D eigenvalue weighted by Crippen LogP contribution is 2.34. The quantitative estimate of drug-likeness (QED) is 0.729. The minimum Gasteiger partial charge on any atom is -0.438 e. The number of aryl methyl sites for hydroxylation is 1. The minimum atomic E-state index is 0.548. The topological polar surface area (TPSA) is 71.4 Å². The molecule has 6 nitrogen and oxygen atoms in total. The van der Waals surface area contributed by atoms with Gasteiger partial charge in [-0.1, -0.05) is 18.2 Å². The van der Waals surface area contributed by atoms with E-state index in [0.29, 0.717) is 5.88 Å². The number of benzene rings is 1. The Morgan fingerprint density at radius 1 is 1.19 bits per heavy atom. The van der Waals surface area contributed by atoms with Crippen LogP contribution in [0.4, 0.5) is 5.13 Å². The highest BCUT2D eigenvalue weighted by Gasteiger charge is 2.14. The molecule has 0 unspecified atom stereocenters. The lowest BCUT2D eigenvalue weighted by atomic mass is 10.2. The van der Waals surface area contributed by atoms with Gasteiger partial charge in [-0.3, -0.25) is 4.99 Å². The average molecular weight is 365 g/mol. The van der Waals surface area contributed by atoms with Gasteiger partial charge in [0.2, 0.25) is 5.88 Å². The molecule has 1 aliphatic heterocycles. The zero-order valence-electron chi connectivity index (χ0n) is 14.4. The molecular formula is C19H19N5OS. The van der Waals surface area contributed by atoms with Crippen LogP contribution in [0.1, 0.15) is 12.0 Å². The zero-order valence-corrected chi connectivity index (χ0v) is 15.2.